The molecule has 1 aliphatic heterocycles. The Labute approximate surface area is 177 Å². The van der Waals surface area contributed by atoms with Crippen molar-refractivity contribution in [3.63, 3.8) is 0 Å². The number of hydrogen-bond donors (Lipinski definition) is 1. The fourth-order valence-corrected chi connectivity index (χ4v) is 4.24. The summed E-state index contributed by atoms with van der Waals surface area (Å²) in [5.41, 5.74) is 1.63. The fourth-order valence-electron chi connectivity index (χ4n) is 2.29. The van der Waals surface area contributed by atoms with E-state index in [4.69, 9.17) is 9.47 Å². The number of benzene rings is 2. The molecule has 2 aromatic rings. The molecule has 0 aliphatic carbocycles. The molecule has 2 aromatic carbocycles. The molecule has 0 spiro atoms. The van der Waals surface area contributed by atoms with Crippen molar-refractivity contribution in [1.82, 2.24) is 5.32 Å². The number of amides is 1. The van der Waals surface area contributed by atoms with Gasteiger partial charge in [-0.05, 0) is 82.4 Å². The van der Waals surface area contributed by atoms with Crippen LogP contribution >= 0.6 is 50.3 Å². The number of hydrogen-bond acceptors (Lipinski definition) is 5. The summed E-state index contributed by atoms with van der Waals surface area (Å²) in [5.74, 6) is 1.13. The van der Waals surface area contributed by atoms with Crippen molar-refractivity contribution in [2.24, 2.45) is 4.99 Å². The van der Waals surface area contributed by atoms with Gasteiger partial charge >= 0.3 is 0 Å². The molecule has 1 N–H and O–H groups in total. The first-order chi connectivity index (χ1) is 12.5. The lowest BCUT2D eigenvalue weighted by Gasteiger charge is -2.10. The monoisotopic (exact) mass is 544 g/mol. The maximum absolute atomic E-state index is 12.2. The first-order valence-electron chi connectivity index (χ1n) is 7.47. The van der Waals surface area contributed by atoms with Crippen LogP contribution in [-0.4, -0.2) is 25.3 Å². The zero-order valence-electron chi connectivity index (χ0n) is 13.9. The maximum Gasteiger partial charge on any atom is 0.264 e. The van der Waals surface area contributed by atoms with E-state index in [1.807, 2.05) is 42.5 Å². The molecule has 1 fully saturated rings. The molecule has 0 saturated carbocycles. The van der Waals surface area contributed by atoms with Gasteiger partial charge in [0.15, 0.2) is 16.7 Å². The molecule has 1 amide bonds. The van der Waals surface area contributed by atoms with Gasteiger partial charge in [-0.1, -0.05) is 15.9 Å². The van der Waals surface area contributed by atoms with Crippen LogP contribution in [0, 0.1) is 3.57 Å². The second-order valence-electron chi connectivity index (χ2n) is 5.20. The molecule has 0 aromatic heterocycles. The topological polar surface area (TPSA) is 59.9 Å². The molecule has 3 rings (SSSR count). The maximum atomic E-state index is 12.2. The third-order valence-electron chi connectivity index (χ3n) is 3.46. The summed E-state index contributed by atoms with van der Waals surface area (Å²) in [7, 11) is 3.19. The molecular formula is C18H14BrIN2O3S. The number of methoxy groups -OCH3 is 2. The first-order valence-corrected chi connectivity index (χ1v) is 10.2. The molecule has 1 saturated heterocycles. The van der Waals surface area contributed by atoms with E-state index in [2.05, 4.69) is 48.8 Å². The minimum Gasteiger partial charge on any atom is -0.493 e. The van der Waals surface area contributed by atoms with Crippen molar-refractivity contribution in [2.45, 2.75) is 0 Å². The molecule has 0 bridgehead atoms. The van der Waals surface area contributed by atoms with Gasteiger partial charge in [0.05, 0.1) is 28.4 Å². The van der Waals surface area contributed by atoms with Crippen molar-refractivity contribution < 1.29 is 14.3 Å². The lowest BCUT2D eigenvalue weighted by atomic mass is 10.2. The number of carbonyl (C=O) groups excluding carboxylic acids is 1. The lowest BCUT2D eigenvalue weighted by molar-refractivity contribution is -0.115. The van der Waals surface area contributed by atoms with Gasteiger partial charge in [-0.2, -0.15) is 0 Å². The molecule has 8 heteroatoms. The number of amidine groups is 1. The fraction of sp³-hybridized carbons (Fsp3) is 0.111. The quantitative estimate of drug-likeness (QED) is 0.436. The predicted octanol–water partition coefficient (Wildman–Crippen LogP) is 4.96. The highest BCUT2D eigenvalue weighted by molar-refractivity contribution is 14.1. The molecule has 26 heavy (non-hydrogen) atoms. The van der Waals surface area contributed by atoms with Crippen LogP contribution in [0.4, 0.5) is 5.69 Å². The Hall–Kier alpha value is -1.52. The van der Waals surface area contributed by atoms with Gasteiger partial charge in [-0.3, -0.25) is 4.79 Å². The van der Waals surface area contributed by atoms with Crippen molar-refractivity contribution in [3.8, 4) is 11.5 Å². The van der Waals surface area contributed by atoms with Crippen molar-refractivity contribution in [2.75, 3.05) is 14.2 Å². The standard InChI is InChI=1S/C18H14BrIN2O3S/c1-24-14-8-10(7-13(20)16(14)25-2)9-15-17(23)22-18(26-15)21-12-5-3-11(19)4-6-12/h3-9H,1-2H3,(H,21,22,23). The highest BCUT2D eigenvalue weighted by Crippen LogP contribution is 2.35. The van der Waals surface area contributed by atoms with E-state index in [1.54, 1.807) is 14.2 Å². The van der Waals surface area contributed by atoms with Crippen LogP contribution in [0.25, 0.3) is 6.08 Å². The Kier molecular flexibility index (Phi) is 6.25. The molecule has 5 nitrogen and oxygen atoms in total. The van der Waals surface area contributed by atoms with Crippen LogP contribution in [0.1, 0.15) is 5.56 Å². The van der Waals surface area contributed by atoms with Gasteiger partial charge in [0.25, 0.3) is 5.91 Å². The normalized spacial score (nSPS) is 16.8. The number of nitrogens with zero attached hydrogens (tertiary/aromatic N) is 1. The third-order valence-corrected chi connectivity index (χ3v) is 5.70. The van der Waals surface area contributed by atoms with Crippen LogP contribution in [0.5, 0.6) is 11.5 Å². The highest BCUT2D eigenvalue weighted by atomic mass is 127. The van der Waals surface area contributed by atoms with E-state index < -0.39 is 0 Å². The van der Waals surface area contributed by atoms with Crippen molar-refractivity contribution in [1.29, 1.82) is 0 Å². The van der Waals surface area contributed by atoms with Crippen molar-refractivity contribution >= 4 is 73.1 Å². The number of nitrogens with one attached hydrogen (secondary N) is 1. The molecule has 134 valence electrons. The zero-order valence-corrected chi connectivity index (χ0v) is 18.4. The average Bonchev–Trinajstić information content (AvgIpc) is 2.95. The smallest absolute Gasteiger partial charge is 0.264 e. The predicted molar refractivity (Wildman–Crippen MR) is 117 cm³/mol. The number of rotatable bonds is 4. The van der Waals surface area contributed by atoms with E-state index in [0.29, 0.717) is 21.6 Å². The minimum absolute atomic E-state index is 0.171. The summed E-state index contributed by atoms with van der Waals surface area (Å²) in [6, 6.07) is 11.3. The Morgan fingerprint density at radius 1 is 1.19 bits per heavy atom. The van der Waals surface area contributed by atoms with E-state index in [0.717, 1.165) is 19.3 Å². The highest BCUT2D eigenvalue weighted by Gasteiger charge is 2.24. The van der Waals surface area contributed by atoms with Crippen LogP contribution in [0.3, 0.4) is 0 Å². The number of halogens is 2. The van der Waals surface area contributed by atoms with Gasteiger partial charge in [0, 0.05) is 4.47 Å². The second kappa shape index (κ2) is 8.45. The minimum atomic E-state index is -0.171. The third kappa shape index (κ3) is 4.41. The summed E-state index contributed by atoms with van der Waals surface area (Å²) < 4.78 is 12.6. The molecule has 0 radical (unpaired) electrons. The van der Waals surface area contributed by atoms with E-state index in [-0.39, 0.29) is 5.91 Å². The van der Waals surface area contributed by atoms with E-state index in [1.165, 1.54) is 11.8 Å². The van der Waals surface area contributed by atoms with Crippen molar-refractivity contribution in [3.05, 3.63) is 54.9 Å². The van der Waals surface area contributed by atoms with Crippen LogP contribution in [0.2, 0.25) is 0 Å². The van der Waals surface area contributed by atoms with Crippen LogP contribution < -0.4 is 14.8 Å². The van der Waals surface area contributed by atoms with Crippen LogP contribution in [-0.2, 0) is 4.79 Å². The lowest BCUT2D eigenvalue weighted by Crippen LogP contribution is -2.19. The largest absolute Gasteiger partial charge is 0.493 e. The van der Waals surface area contributed by atoms with Gasteiger partial charge in [0.1, 0.15) is 0 Å². The number of thioether (sulfide) groups is 1. The number of carbonyl (C=O) groups is 1. The molecule has 0 unspecified atom stereocenters. The average molecular weight is 545 g/mol. The number of ether oxygens (including phenoxy) is 2. The summed E-state index contributed by atoms with van der Waals surface area (Å²) in [4.78, 5) is 17.3. The first kappa shape index (κ1) is 19.2. The molecule has 1 aliphatic rings. The van der Waals surface area contributed by atoms with Gasteiger partial charge < -0.3 is 14.8 Å². The SMILES string of the molecule is COc1cc(C=C2SC(=Nc3ccc(Br)cc3)NC2=O)cc(I)c1OC. The molecular weight excluding hydrogens is 531 g/mol. The van der Waals surface area contributed by atoms with Gasteiger partial charge in [-0.15, -0.1) is 0 Å². The number of aliphatic imine (C=N–C) groups is 1. The Balaban J connectivity index is 1.87. The van der Waals surface area contributed by atoms with Gasteiger partial charge in [0.2, 0.25) is 0 Å². The van der Waals surface area contributed by atoms with Crippen LogP contribution in [0.15, 0.2) is 50.8 Å². The van der Waals surface area contributed by atoms with Gasteiger partial charge in [-0.25, -0.2) is 4.99 Å². The summed E-state index contributed by atoms with van der Waals surface area (Å²) in [5, 5.41) is 3.34. The summed E-state index contributed by atoms with van der Waals surface area (Å²) in [6.45, 7) is 0. The Bertz CT molecular complexity index is 913. The Morgan fingerprint density at radius 3 is 2.58 bits per heavy atom. The zero-order chi connectivity index (χ0) is 18.7. The second-order valence-corrected chi connectivity index (χ2v) is 8.30. The molecule has 1 heterocycles. The summed E-state index contributed by atoms with van der Waals surface area (Å²) in [6.07, 6.45) is 1.81. The summed E-state index contributed by atoms with van der Waals surface area (Å²) >= 11 is 6.88. The van der Waals surface area contributed by atoms with E-state index >= 15 is 0 Å². The molecule has 0 atom stereocenters. The van der Waals surface area contributed by atoms with E-state index in [9.17, 15) is 4.79 Å². The Morgan fingerprint density at radius 2 is 1.92 bits per heavy atom.